The smallest absolute Gasteiger partial charge is 0.416 e. The van der Waals surface area contributed by atoms with E-state index >= 15 is 0 Å². The van der Waals surface area contributed by atoms with E-state index in [-0.39, 0.29) is 34.3 Å². The van der Waals surface area contributed by atoms with Gasteiger partial charge in [0.15, 0.2) is 6.61 Å². The summed E-state index contributed by atoms with van der Waals surface area (Å²) in [6.07, 6.45) is -4.92. The Morgan fingerprint density at radius 3 is 2.47 bits per heavy atom. The fourth-order valence-electron chi connectivity index (χ4n) is 3.04. The first-order chi connectivity index (χ1) is 16.0. The largest absolute Gasteiger partial charge is 0.455 e. The highest BCUT2D eigenvalue weighted by molar-refractivity contribution is 6.34. The summed E-state index contributed by atoms with van der Waals surface area (Å²) in [6.45, 7) is -1.02. The maximum Gasteiger partial charge on any atom is 0.416 e. The Morgan fingerprint density at radius 1 is 1.09 bits per heavy atom. The quantitative estimate of drug-likeness (QED) is 0.568. The lowest BCUT2D eigenvalue weighted by Gasteiger charge is -2.18. The van der Waals surface area contributed by atoms with Crippen molar-refractivity contribution in [2.75, 3.05) is 18.5 Å². The second-order valence-corrected chi connectivity index (χ2v) is 7.99. The molecule has 0 radical (unpaired) electrons. The van der Waals surface area contributed by atoms with Crippen LogP contribution in [0.5, 0.6) is 0 Å². The predicted molar refractivity (Wildman–Crippen MR) is 115 cm³/mol. The normalized spacial score (nSPS) is 15.7. The van der Waals surface area contributed by atoms with Crippen molar-refractivity contribution in [3.63, 3.8) is 0 Å². The number of halogens is 5. The molecule has 2 aromatic rings. The predicted octanol–water partition coefficient (Wildman–Crippen LogP) is 3.69. The molecule has 34 heavy (non-hydrogen) atoms. The molecule has 0 unspecified atom stereocenters. The van der Waals surface area contributed by atoms with E-state index in [2.05, 4.69) is 10.7 Å². The molecule has 1 atom stereocenters. The van der Waals surface area contributed by atoms with E-state index in [9.17, 15) is 32.3 Å². The summed E-state index contributed by atoms with van der Waals surface area (Å²) in [6, 6.07) is 8.55. The number of amides is 3. The second kappa shape index (κ2) is 10.3. The minimum Gasteiger partial charge on any atom is -0.455 e. The number of carbonyl (C=O) groups is 4. The average molecular weight is 518 g/mol. The topological polar surface area (TPSA) is 105 Å². The van der Waals surface area contributed by atoms with E-state index in [0.29, 0.717) is 6.07 Å². The number of anilines is 1. The van der Waals surface area contributed by atoms with Crippen LogP contribution in [0.3, 0.4) is 0 Å². The van der Waals surface area contributed by atoms with Crippen LogP contribution < -0.4 is 10.7 Å². The number of ether oxygens (including phenoxy) is 1. The number of hydrogen-bond acceptors (Lipinski definition) is 5. The molecule has 1 aliphatic rings. The molecule has 8 nitrogen and oxygen atoms in total. The first kappa shape index (κ1) is 25.3. The molecule has 180 valence electrons. The molecule has 0 aromatic heterocycles. The molecule has 13 heteroatoms. The molecule has 1 fully saturated rings. The molecular formula is C21H16Cl2F3N3O5. The zero-order valence-corrected chi connectivity index (χ0v) is 18.6. The molecule has 0 bridgehead atoms. The van der Waals surface area contributed by atoms with Crippen molar-refractivity contribution in [1.82, 2.24) is 10.4 Å². The number of carbonyl (C=O) groups excluding carboxylic acids is 4. The first-order valence-corrected chi connectivity index (χ1v) is 10.4. The SMILES string of the molecule is O=C(COC(=O)[C@H]1CC(=O)N(NC(=O)c2ccccc2Cl)C1)Nc1cc(C(F)(F)F)ccc1Cl. The van der Waals surface area contributed by atoms with Crippen LogP contribution in [-0.2, 0) is 25.3 Å². The minimum absolute atomic E-state index is 0.132. The summed E-state index contributed by atoms with van der Waals surface area (Å²) < 4.78 is 43.4. The van der Waals surface area contributed by atoms with Crippen molar-refractivity contribution < 1.29 is 37.1 Å². The molecule has 2 aromatic carbocycles. The monoisotopic (exact) mass is 517 g/mol. The van der Waals surface area contributed by atoms with Gasteiger partial charge in [0, 0.05) is 6.42 Å². The zero-order chi connectivity index (χ0) is 25.0. The van der Waals surface area contributed by atoms with Gasteiger partial charge >= 0.3 is 12.1 Å². The molecule has 0 spiro atoms. The van der Waals surface area contributed by atoms with Gasteiger partial charge in [0.2, 0.25) is 5.91 Å². The van der Waals surface area contributed by atoms with Gasteiger partial charge in [-0.3, -0.25) is 29.6 Å². The number of esters is 1. The molecule has 2 N–H and O–H groups in total. The summed E-state index contributed by atoms with van der Waals surface area (Å²) in [5.74, 6) is -3.99. The van der Waals surface area contributed by atoms with Crippen LogP contribution in [0.2, 0.25) is 10.0 Å². The van der Waals surface area contributed by atoms with Crippen LogP contribution in [0.4, 0.5) is 18.9 Å². The molecular weight excluding hydrogens is 502 g/mol. The van der Waals surface area contributed by atoms with Crippen LogP contribution in [0.15, 0.2) is 42.5 Å². The zero-order valence-electron chi connectivity index (χ0n) is 17.1. The van der Waals surface area contributed by atoms with Crippen molar-refractivity contribution in [2.45, 2.75) is 12.6 Å². The number of hydrogen-bond donors (Lipinski definition) is 2. The summed E-state index contributed by atoms with van der Waals surface area (Å²) in [7, 11) is 0. The molecule has 1 heterocycles. The van der Waals surface area contributed by atoms with E-state index in [4.69, 9.17) is 27.9 Å². The number of nitrogens with one attached hydrogen (secondary N) is 2. The van der Waals surface area contributed by atoms with Crippen molar-refractivity contribution in [3.05, 3.63) is 63.6 Å². The van der Waals surface area contributed by atoms with Gasteiger partial charge in [0.1, 0.15) is 0 Å². The lowest BCUT2D eigenvalue weighted by Crippen LogP contribution is -2.43. The molecule has 0 aliphatic carbocycles. The number of rotatable bonds is 6. The first-order valence-electron chi connectivity index (χ1n) is 9.65. The number of benzene rings is 2. The highest BCUT2D eigenvalue weighted by Crippen LogP contribution is 2.33. The third kappa shape index (κ3) is 6.17. The second-order valence-electron chi connectivity index (χ2n) is 7.17. The Kier molecular flexibility index (Phi) is 7.68. The van der Waals surface area contributed by atoms with E-state index in [1.165, 1.54) is 12.1 Å². The van der Waals surface area contributed by atoms with Gasteiger partial charge < -0.3 is 10.1 Å². The summed E-state index contributed by atoms with van der Waals surface area (Å²) in [4.78, 5) is 48.8. The molecule has 1 aliphatic heterocycles. The van der Waals surface area contributed by atoms with Gasteiger partial charge in [-0.25, -0.2) is 0 Å². The number of alkyl halides is 3. The van der Waals surface area contributed by atoms with Crippen LogP contribution in [0.1, 0.15) is 22.3 Å². The van der Waals surface area contributed by atoms with Gasteiger partial charge in [-0.15, -0.1) is 0 Å². The van der Waals surface area contributed by atoms with Gasteiger partial charge in [0.05, 0.1) is 39.3 Å². The summed E-state index contributed by atoms with van der Waals surface area (Å²) >= 11 is 11.8. The Balaban J connectivity index is 1.53. The summed E-state index contributed by atoms with van der Waals surface area (Å²) in [5.41, 5.74) is 1.17. The lowest BCUT2D eigenvalue weighted by molar-refractivity contribution is -0.151. The standard InChI is InChI=1S/C21H16Cl2F3N3O5/c22-14-4-2-1-3-13(14)19(32)28-29-9-11(7-18(29)31)20(33)34-10-17(30)27-16-8-12(21(24,25)26)5-6-15(16)23/h1-6,8,11H,7,9-10H2,(H,27,30)(H,28,32)/t11-/m0/s1. The maximum absolute atomic E-state index is 12.8. The van der Waals surface area contributed by atoms with Crippen molar-refractivity contribution in [3.8, 4) is 0 Å². The minimum atomic E-state index is -4.64. The highest BCUT2D eigenvalue weighted by atomic mass is 35.5. The Bertz CT molecular complexity index is 1140. The summed E-state index contributed by atoms with van der Waals surface area (Å²) in [5, 5.41) is 3.12. The van der Waals surface area contributed by atoms with E-state index in [0.717, 1.165) is 17.1 Å². The Morgan fingerprint density at radius 2 is 1.79 bits per heavy atom. The average Bonchev–Trinajstić information content (AvgIpc) is 3.13. The van der Waals surface area contributed by atoms with Gasteiger partial charge in [0.25, 0.3) is 11.8 Å². The van der Waals surface area contributed by atoms with Crippen molar-refractivity contribution >= 4 is 52.6 Å². The van der Waals surface area contributed by atoms with Crippen molar-refractivity contribution in [1.29, 1.82) is 0 Å². The van der Waals surface area contributed by atoms with Crippen molar-refractivity contribution in [2.24, 2.45) is 5.92 Å². The van der Waals surface area contributed by atoms with Gasteiger partial charge in [-0.2, -0.15) is 13.2 Å². The number of nitrogens with zero attached hydrogens (tertiary/aromatic N) is 1. The highest BCUT2D eigenvalue weighted by Gasteiger charge is 2.37. The fraction of sp³-hybridized carbons (Fsp3) is 0.238. The third-order valence-electron chi connectivity index (χ3n) is 4.73. The molecule has 1 saturated heterocycles. The fourth-order valence-corrected chi connectivity index (χ4v) is 3.43. The van der Waals surface area contributed by atoms with E-state index in [1.54, 1.807) is 12.1 Å². The lowest BCUT2D eigenvalue weighted by atomic mass is 10.1. The van der Waals surface area contributed by atoms with Crippen LogP contribution in [-0.4, -0.2) is 41.9 Å². The molecule has 0 saturated carbocycles. The van der Waals surface area contributed by atoms with Gasteiger partial charge in [-0.1, -0.05) is 35.3 Å². The van der Waals surface area contributed by atoms with Crippen LogP contribution >= 0.6 is 23.2 Å². The molecule has 3 amide bonds. The Labute approximate surface area is 200 Å². The molecule has 3 rings (SSSR count). The third-order valence-corrected chi connectivity index (χ3v) is 5.39. The number of hydrazine groups is 1. The van der Waals surface area contributed by atoms with E-state index in [1.807, 2.05) is 0 Å². The van der Waals surface area contributed by atoms with Crippen LogP contribution in [0.25, 0.3) is 0 Å². The Hall–Kier alpha value is -3.31. The van der Waals surface area contributed by atoms with Crippen LogP contribution in [0, 0.1) is 5.92 Å². The van der Waals surface area contributed by atoms with Gasteiger partial charge in [-0.05, 0) is 30.3 Å². The van der Waals surface area contributed by atoms with E-state index < -0.39 is 48.0 Å². The maximum atomic E-state index is 12.8.